The third kappa shape index (κ3) is 4.60. The molecule has 2 N–H and O–H groups in total. The molecular weight excluding hydrogens is 452 g/mol. The van der Waals surface area contributed by atoms with E-state index in [1.54, 1.807) is 0 Å². The van der Waals surface area contributed by atoms with Gasteiger partial charge in [0.2, 0.25) is 0 Å². The summed E-state index contributed by atoms with van der Waals surface area (Å²) in [6.07, 6.45) is 12.2. The van der Waals surface area contributed by atoms with Crippen LogP contribution in [0.2, 0.25) is 0 Å². The Morgan fingerprint density at radius 2 is 1.22 bits per heavy atom. The molecule has 0 fully saturated rings. The lowest BCUT2D eigenvalue weighted by Gasteiger charge is -2.37. The summed E-state index contributed by atoms with van der Waals surface area (Å²) in [7, 11) is 0. The third-order valence-corrected chi connectivity index (χ3v) is 8.89. The molecule has 37 heavy (non-hydrogen) atoms. The van der Waals surface area contributed by atoms with Crippen molar-refractivity contribution < 1.29 is 10.2 Å². The topological polar surface area (TPSA) is 40.5 Å². The van der Waals surface area contributed by atoms with Gasteiger partial charge in [0, 0.05) is 5.41 Å². The second-order valence-electron chi connectivity index (χ2n) is 11.3. The van der Waals surface area contributed by atoms with E-state index in [1.807, 2.05) is 24.3 Å². The van der Waals surface area contributed by atoms with Gasteiger partial charge in [0.15, 0.2) is 0 Å². The Morgan fingerprint density at radius 1 is 0.649 bits per heavy atom. The van der Waals surface area contributed by atoms with Crippen molar-refractivity contribution in [2.24, 2.45) is 5.92 Å². The minimum Gasteiger partial charge on any atom is -0.508 e. The van der Waals surface area contributed by atoms with Crippen molar-refractivity contribution >= 4 is 21.5 Å². The van der Waals surface area contributed by atoms with Gasteiger partial charge in [0.1, 0.15) is 11.5 Å². The van der Waals surface area contributed by atoms with Gasteiger partial charge in [-0.1, -0.05) is 109 Å². The SMILES string of the molecule is CCCCCCC1(CC(CC)CCCC)c2c(ccc3cc(O)ccc23)-c2ccc3cc(O)ccc3c21. The van der Waals surface area contributed by atoms with Crippen LogP contribution in [-0.4, -0.2) is 10.2 Å². The molecule has 1 atom stereocenters. The van der Waals surface area contributed by atoms with E-state index in [4.69, 9.17) is 0 Å². The monoisotopic (exact) mass is 494 g/mol. The van der Waals surface area contributed by atoms with Gasteiger partial charge in [0.05, 0.1) is 0 Å². The van der Waals surface area contributed by atoms with Gasteiger partial charge in [-0.25, -0.2) is 0 Å². The first-order valence-corrected chi connectivity index (χ1v) is 14.5. The second kappa shape index (κ2) is 10.8. The fourth-order valence-electron chi connectivity index (χ4n) is 7.09. The Labute approximate surface area is 222 Å². The van der Waals surface area contributed by atoms with Gasteiger partial charge in [-0.05, 0) is 86.8 Å². The molecule has 0 aromatic heterocycles. The van der Waals surface area contributed by atoms with E-state index in [1.165, 1.54) is 84.4 Å². The maximum absolute atomic E-state index is 10.3. The standard InChI is InChI=1S/C35H42O2/c1-4-7-9-10-20-35(23-24(6-3)11-8-5-2)33-29-18-14-27(36)21-25(29)12-16-31(33)32-17-13-26-22-28(37)15-19-30(26)34(32)35/h12-19,21-22,24,36-37H,4-11,20,23H2,1-3H3. The van der Waals surface area contributed by atoms with E-state index >= 15 is 0 Å². The van der Waals surface area contributed by atoms with Crippen molar-refractivity contribution in [3.05, 3.63) is 71.8 Å². The van der Waals surface area contributed by atoms with E-state index in [2.05, 4.69) is 57.2 Å². The molecule has 4 aromatic rings. The zero-order valence-corrected chi connectivity index (χ0v) is 22.8. The summed E-state index contributed by atoms with van der Waals surface area (Å²) in [4.78, 5) is 0. The molecule has 2 heteroatoms. The molecule has 5 rings (SSSR count). The van der Waals surface area contributed by atoms with Crippen molar-refractivity contribution in [3.63, 3.8) is 0 Å². The Kier molecular flexibility index (Phi) is 7.47. The molecule has 0 amide bonds. The van der Waals surface area contributed by atoms with Gasteiger partial charge in [0.25, 0.3) is 0 Å². The van der Waals surface area contributed by atoms with Crippen LogP contribution in [-0.2, 0) is 5.41 Å². The highest BCUT2D eigenvalue weighted by Crippen LogP contribution is 2.59. The predicted octanol–water partition coefficient (Wildman–Crippen LogP) is 10.2. The summed E-state index contributed by atoms with van der Waals surface area (Å²) in [5.41, 5.74) is 5.55. The predicted molar refractivity (Wildman–Crippen MR) is 158 cm³/mol. The highest BCUT2D eigenvalue weighted by molar-refractivity contribution is 6.04. The summed E-state index contributed by atoms with van der Waals surface area (Å²) in [5.74, 6) is 1.31. The van der Waals surface area contributed by atoms with Crippen molar-refractivity contribution in [1.82, 2.24) is 0 Å². The molecule has 1 aliphatic rings. The fraction of sp³-hybridized carbons (Fsp3) is 0.429. The number of hydrogen-bond donors (Lipinski definition) is 2. The zero-order valence-electron chi connectivity index (χ0n) is 22.8. The van der Waals surface area contributed by atoms with Gasteiger partial charge in [-0.2, -0.15) is 0 Å². The van der Waals surface area contributed by atoms with E-state index in [-0.39, 0.29) is 5.41 Å². The Hall–Kier alpha value is -3.00. The quantitative estimate of drug-likeness (QED) is 0.204. The molecule has 4 aromatic carbocycles. The highest BCUT2D eigenvalue weighted by Gasteiger charge is 2.45. The molecule has 0 spiro atoms. The molecule has 194 valence electrons. The molecule has 1 aliphatic carbocycles. The molecule has 0 heterocycles. The first kappa shape index (κ1) is 25.6. The van der Waals surface area contributed by atoms with Crippen LogP contribution in [0.3, 0.4) is 0 Å². The van der Waals surface area contributed by atoms with E-state index in [0.29, 0.717) is 17.4 Å². The summed E-state index contributed by atoms with van der Waals surface area (Å²) in [6.45, 7) is 6.95. The van der Waals surface area contributed by atoms with E-state index in [9.17, 15) is 10.2 Å². The van der Waals surface area contributed by atoms with Crippen LogP contribution in [0.5, 0.6) is 11.5 Å². The summed E-state index contributed by atoms with van der Waals surface area (Å²) in [6, 6.07) is 20.8. The van der Waals surface area contributed by atoms with Crippen molar-refractivity contribution in [3.8, 4) is 22.6 Å². The van der Waals surface area contributed by atoms with Crippen LogP contribution in [0.15, 0.2) is 60.7 Å². The molecule has 0 saturated carbocycles. The Morgan fingerprint density at radius 3 is 1.73 bits per heavy atom. The number of phenolic OH excluding ortho intramolecular Hbond substituents is 2. The van der Waals surface area contributed by atoms with Gasteiger partial charge in [-0.3, -0.25) is 0 Å². The number of unbranched alkanes of at least 4 members (excludes halogenated alkanes) is 4. The summed E-state index contributed by atoms with van der Waals surface area (Å²) in [5, 5.41) is 25.4. The first-order chi connectivity index (χ1) is 18.0. The molecule has 1 unspecified atom stereocenters. The number of hydrogen-bond acceptors (Lipinski definition) is 2. The lowest BCUT2D eigenvalue weighted by molar-refractivity contribution is 0.313. The fourth-order valence-corrected chi connectivity index (χ4v) is 7.09. The number of benzene rings is 4. The van der Waals surface area contributed by atoms with Crippen LogP contribution in [0.25, 0.3) is 32.7 Å². The maximum Gasteiger partial charge on any atom is 0.116 e. The van der Waals surface area contributed by atoms with Gasteiger partial charge >= 0.3 is 0 Å². The maximum atomic E-state index is 10.3. The zero-order chi connectivity index (χ0) is 26.0. The molecule has 0 bridgehead atoms. The third-order valence-electron chi connectivity index (χ3n) is 8.89. The molecular formula is C35H42O2. The normalized spacial score (nSPS) is 14.7. The largest absolute Gasteiger partial charge is 0.508 e. The average molecular weight is 495 g/mol. The van der Waals surface area contributed by atoms with E-state index < -0.39 is 0 Å². The Bertz CT molecular complexity index is 1310. The lowest BCUT2D eigenvalue weighted by Crippen LogP contribution is -2.29. The van der Waals surface area contributed by atoms with Crippen LogP contribution < -0.4 is 0 Å². The van der Waals surface area contributed by atoms with Gasteiger partial charge in [-0.15, -0.1) is 0 Å². The molecule has 0 radical (unpaired) electrons. The number of aromatic hydroxyl groups is 2. The van der Waals surface area contributed by atoms with E-state index in [0.717, 1.165) is 23.6 Å². The lowest BCUT2D eigenvalue weighted by atomic mass is 9.66. The van der Waals surface area contributed by atoms with Crippen molar-refractivity contribution in [1.29, 1.82) is 0 Å². The minimum atomic E-state index is -0.0835. The second-order valence-corrected chi connectivity index (χ2v) is 11.3. The molecule has 0 saturated heterocycles. The number of fused-ring (bicyclic) bond motifs is 7. The Balaban J connectivity index is 1.81. The van der Waals surface area contributed by atoms with Crippen LogP contribution in [0.1, 0.15) is 96.1 Å². The summed E-state index contributed by atoms with van der Waals surface area (Å²) >= 11 is 0. The number of phenols is 2. The number of rotatable bonds is 11. The van der Waals surface area contributed by atoms with Crippen LogP contribution in [0.4, 0.5) is 0 Å². The average Bonchev–Trinajstić information content (AvgIpc) is 3.18. The van der Waals surface area contributed by atoms with Crippen LogP contribution >= 0.6 is 0 Å². The van der Waals surface area contributed by atoms with Crippen molar-refractivity contribution in [2.45, 2.75) is 90.4 Å². The highest BCUT2D eigenvalue weighted by atomic mass is 16.3. The van der Waals surface area contributed by atoms with Crippen LogP contribution in [0, 0.1) is 5.92 Å². The molecule has 2 nitrogen and oxygen atoms in total. The smallest absolute Gasteiger partial charge is 0.116 e. The summed E-state index contributed by atoms with van der Waals surface area (Å²) < 4.78 is 0. The first-order valence-electron chi connectivity index (χ1n) is 14.5. The van der Waals surface area contributed by atoms with Gasteiger partial charge < -0.3 is 10.2 Å². The molecule has 0 aliphatic heterocycles. The van der Waals surface area contributed by atoms with Crippen molar-refractivity contribution in [2.75, 3.05) is 0 Å². The minimum absolute atomic E-state index is 0.0835.